The van der Waals surface area contributed by atoms with E-state index >= 15 is 0 Å². The summed E-state index contributed by atoms with van der Waals surface area (Å²) in [6, 6.07) is 15.2. The van der Waals surface area contributed by atoms with E-state index in [0.29, 0.717) is 24.6 Å². The maximum absolute atomic E-state index is 13.2. The van der Waals surface area contributed by atoms with Crippen LogP contribution in [0.3, 0.4) is 0 Å². The highest BCUT2D eigenvalue weighted by molar-refractivity contribution is 7.89. The average molecular weight is 514 g/mol. The Morgan fingerprint density at radius 1 is 0.943 bits per heavy atom. The van der Waals surface area contributed by atoms with Crippen LogP contribution in [0.15, 0.2) is 63.8 Å². The van der Waals surface area contributed by atoms with Gasteiger partial charge < -0.3 is 9.30 Å². The second-order valence-electron chi connectivity index (χ2n) is 8.79. The molecule has 1 aliphatic rings. The summed E-state index contributed by atoms with van der Waals surface area (Å²) in [7, 11) is -3.45. The van der Waals surface area contributed by atoms with Gasteiger partial charge in [0.2, 0.25) is 10.0 Å². The molecule has 0 atom stereocenters. The number of aromatic nitrogens is 1. The number of hydrogen-bond acceptors (Lipinski definition) is 5. The molecule has 0 saturated carbocycles. The van der Waals surface area contributed by atoms with Gasteiger partial charge in [-0.1, -0.05) is 38.3 Å². The van der Waals surface area contributed by atoms with Crippen molar-refractivity contribution in [2.24, 2.45) is 4.99 Å². The predicted molar refractivity (Wildman–Crippen MR) is 143 cm³/mol. The predicted octanol–water partition coefficient (Wildman–Crippen LogP) is 6.21. The molecule has 2 aromatic carbocycles. The fourth-order valence-corrected chi connectivity index (χ4v) is 6.78. The summed E-state index contributed by atoms with van der Waals surface area (Å²) in [6.45, 7) is 6.88. The molecule has 8 heteroatoms. The van der Waals surface area contributed by atoms with E-state index in [4.69, 9.17) is 9.73 Å². The van der Waals surface area contributed by atoms with E-state index in [9.17, 15) is 8.42 Å². The van der Waals surface area contributed by atoms with Crippen LogP contribution in [-0.2, 0) is 16.6 Å². The Morgan fingerprint density at radius 3 is 2.26 bits per heavy atom. The van der Waals surface area contributed by atoms with Gasteiger partial charge in [-0.3, -0.25) is 0 Å². The van der Waals surface area contributed by atoms with E-state index < -0.39 is 10.0 Å². The summed E-state index contributed by atoms with van der Waals surface area (Å²) in [6.07, 6.45) is 6.20. The van der Waals surface area contributed by atoms with Crippen molar-refractivity contribution in [1.82, 2.24) is 8.87 Å². The highest BCUT2D eigenvalue weighted by Crippen LogP contribution is 2.26. The monoisotopic (exact) mass is 513 g/mol. The van der Waals surface area contributed by atoms with Gasteiger partial charge in [-0.05, 0) is 68.1 Å². The molecule has 6 nitrogen and oxygen atoms in total. The fraction of sp³-hybridized carbons (Fsp3) is 0.444. The minimum absolute atomic E-state index is 0.373. The Kier molecular flexibility index (Phi) is 8.81. The van der Waals surface area contributed by atoms with Crippen LogP contribution in [0.4, 0.5) is 5.69 Å². The number of hydrogen-bond donors (Lipinski definition) is 0. The molecule has 2 heterocycles. The first kappa shape index (κ1) is 25.7. The van der Waals surface area contributed by atoms with Crippen molar-refractivity contribution in [3.63, 3.8) is 0 Å². The van der Waals surface area contributed by atoms with Crippen LogP contribution in [0.1, 0.15) is 52.4 Å². The molecule has 1 aromatic heterocycles. The molecule has 35 heavy (non-hydrogen) atoms. The first-order valence-corrected chi connectivity index (χ1v) is 14.9. The van der Waals surface area contributed by atoms with Crippen molar-refractivity contribution in [3.8, 4) is 17.0 Å². The van der Waals surface area contributed by atoms with Crippen molar-refractivity contribution in [3.05, 3.63) is 58.7 Å². The molecule has 0 aliphatic carbocycles. The first-order chi connectivity index (χ1) is 17.0. The number of rotatable bonds is 9. The minimum atomic E-state index is -3.45. The normalized spacial score (nSPS) is 15.8. The number of unbranched alkanes of at least 4 members (excludes halogenated alkanes) is 1. The standard InChI is InChI=1S/C27H35N3O3S2/c1-3-5-20-30-26(21-34-27(30)28-23-12-14-24(15-13-23)33-4-2)22-10-16-25(17-11-22)35(31,32)29-18-8-6-7-9-19-29/h10-17,21H,3-9,18-20H2,1-2H3. The topological polar surface area (TPSA) is 63.9 Å². The van der Waals surface area contributed by atoms with Crippen LogP contribution in [-0.4, -0.2) is 37.0 Å². The first-order valence-electron chi connectivity index (χ1n) is 12.6. The molecule has 1 saturated heterocycles. The van der Waals surface area contributed by atoms with Crippen LogP contribution in [0.25, 0.3) is 11.3 Å². The van der Waals surface area contributed by atoms with Crippen LogP contribution < -0.4 is 9.54 Å². The van der Waals surface area contributed by atoms with Crippen molar-refractivity contribution in [2.75, 3.05) is 19.7 Å². The zero-order valence-electron chi connectivity index (χ0n) is 20.7. The molecule has 1 aliphatic heterocycles. The Balaban J connectivity index is 1.63. The van der Waals surface area contributed by atoms with Gasteiger partial charge in [0.15, 0.2) is 4.80 Å². The molecule has 3 aromatic rings. The quantitative estimate of drug-likeness (QED) is 0.342. The van der Waals surface area contributed by atoms with E-state index in [1.165, 1.54) is 0 Å². The number of ether oxygens (including phenoxy) is 1. The molecule has 0 bridgehead atoms. The highest BCUT2D eigenvalue weighted by atomic mass is 32.2. The van der Waals surface area contributed by atoms with Gasteiger partial charge in [-0.2, -0.15) is 4.31 Å². The number of sulfonamides is 1. The molecular formula is C27H35N3O3S2. The summed E-state index contributed by atoms with van der Waals surface area (Å²) >= 11 is 1.60. The van der Waals surface area contributed by atoms with Crippen molar-refractivity contribution >= 4 is 27.0 Å². The lowest BCUT2D eigenvalue weighted by Gasteiger charge is -2.20. The number of thiazole rings is 1. The number of benzene rings is 2. The summed E-state index contributed by atoms with van der Waals surface area (Å²) in [5.41, 5.74) is 2.94. The summed E-state index contributed by atoms with van der Waals surface area (Å²) in [4.78, 5) is 6.19. The largest absolute Gasteiger partial charge is 0.494 e. The Labute approximate surface area is 213 Å². The van der Waals surface area contributed by atoms with E-state index in [2.05, 4.69) is 16.9 Å². The molecule has 0 N–H and O–H groups in total. The van der Waals surface area contributed by atoms with Crippen molar-refractivity contribution in [1.29, 1.82) is 0 Å². The van der Waals surface area contributed by atoms with Crippen LogP contribution in [0.5, 0.6) is 5.75 Å². The molecule has 0 radical (unpaired) electrons. The lowest BCUT2D eigenvalue weighted by Crippen LogP contribution is -2.31. The summed E-state index contributed by atoms with van der Waals surface area (Å²) in [5.74, 6) is 0.840. The SMILES string of the molecule is CCCCn1c(-c2ccc(S(=O)(=O)N3CCCCCC3)cc2)csc1=Nc1ccc(OCC)cc1. The fourth-order valence-electron chi connectivity index (χ4n) is 4.30. The molecule has 0 amide bonds. The lowest BCUT2D eigenvalue weighted by atomic mass is 10.1. The Morgan fingerprint density at radius 2 is 1.63 bits per heavy atom. The second-order valence-corrected chi connectivity index (χ2v) is 11.6. The summed E-state index contributed by atoms with van der Waals surface area (Å²) in [5, 5.41) is 2.11. The highest BCUT2D eigenvalue weighted by Gasteiger charge is 2.25. The van der Waals surface area contributed by atoms with Gasteiger partial charge in [0.05, 0.1) is 22.9 Å². The van der Waals surface area contributed by atoms with Gasteiger partial charge in [-0.15, -0.1) is 11.3 Å². The third kappa shape index (κ3) is 6.23. The van der Waals surface area contributed by atoms with Gasteiger partial charge >= 0.3 is 0 Å². The third-order valence-electron chi connectivity index (χ3n) is 6.26. The molecular weight excluding hydrogens is 478 g/mol. The zero-order chi connectivity index (χ0) is 24.7. The zero-order valence-corrected chi connectivity index (χ0v) is 22.3. The van der Waals surface area contributed by atoms with Gasteiger partial charge in [0.25, 0.3) is 0 Å². The van der Waals surface area contributed by atoms with Gasteiger partial charge in [0, 0.05) is 25.0 Å². The van der Waals surface area contributed by atoms with Gasteiger partial charge in [-0.25, -0.2) is 13.4 Å². The second kappa shape index (κ2) is 12.0. The minimum Gasteiger partial charge on any atom is -0.494 e. The van der Waals surface area contributed by atoms with Crippen molar-refractivity contribution < 1.29 is 13.2 Å². The Bertz CT molecular complexity index is 1250. The van der Waals surface area contributed by atoms with E-state index in [-0.39, 0.29) is 0 Å². The van der Waals surface area contributed by atoms with Crippen LogP contribution in [0.2, 0.25) is 0 Å². The van der Waals surface area contributed by atoms with E-state index in [0.717, 1.165) is 72.6 Å². The van der Waals surface area contributed by atoms with Crippen molar-refractivity contribution in [2.45, 2.75) is 63.8 Å². The smallest absolute Gasteiger partial charge is 0.243 e. The molecule has 0 unspecified atom stereocenters. The Hall–Kier alpha value is -2.42. The molecule has 4 rings (SSSR count). The van der Waals surface area contributed by atoms with E-state index in [1.54, 1.807) is 27.8 Å². The van der Waals surface area contributed by atoms with E-state index in [1.807, 2.05) is 43.3 Å². The van der Waals surface area contributed by atoms with Crippen LogP contribution >= 0.6 is 11.3 Å². The average Bonchev–Trinajstić information content (AvgIpc) is 3.06. The van der Waals surface area contributed by atoms with Crippen LogP contribution in [0, 0.1) is 0 Å². The number of nitrogens with zero attached hydrogens (tertiary/aromatic N) is 3. The lowest BCUT2D eigenvalue weighted by molar-refractivity contribution is 0.340. The maximum atomic E-state index is 13.2. The molecule has 1 fully saturated rings. The summed E-state index contributed by atoms with van der Waals surface area (Å²) < 4.78 is 35.8. The third-order valence-corrected chi connectivity index (χ3v) is 9.03. The maximum Gasteiger partial charge on any atom is 0.243 e. The van der Waals surface area contributed by atoms with Gasteiger partial charge in [0.1, 0.15) is 5.75 Å². The molecule has 188 valence electrons. The molecule has 0 spiro atoms.